The fourth-order valence-electron chi connectivity index (χ4n) is 1.47. The number of aromatic nitrogens is 4. The van der Waals surface area contributed by atoms with Gasteiger partial charge in [-0.2, -0.15) is 10.2 Å². The highest BCUT2D eigenvalue weighted by Gasteiger charge is 2.02. The molecule has 6 heteroatoms. The molecule has 1 amide bonds. The van der Waals surface area contributed by atoms with Crippen molar-refractivity contribution in [1.82, 2.24) is 20.0 Å². The summed E-state index contributed by atoms with van der Waals surface area (Å²) in [7, 11) is 1.83. The minimum absolute atomic E-state index is 0.215. The van der Waals surface area contributed by atoms with Crippen LogP contribution in [0.5, 0.6) is 0 Å². The molecule has 2 aromatic heterocycles. The zero-order chi connectivity index (χ0) is 13.0. The number of amides is 1. The Balaban J connectivity index is 1.94. The number of anilines is 1. The van der Waals surface area contributed by atoms with E-state index in [1.807, 2.05) is 26.2 Å². The topological polar surface area (TPSA) is 75.6 Å². The molecule has 0 bridgehead atoms. The molecule has 0 fully saturated rings. The average molecular weight is 245 g/mol. The van der Waals surface area contributed by atoms with Crippen molar-refractivity contribution in [3.05, 3.63) is 35.8 Å². The van der Waals surface area contributed by atoms with Gasteiger partial charge in [0.25, 0.3) is 0 Å². The number of aromatic amines is 1. The third-order valence-electron chi connectivity index (χ3n) is 2.42. The lowest BCUT2D eigenvalue weighted by Gasteiger charge is -1.94. The molecule has 2 aromatic rings. The van der Waals surface area contributed by atoms with Crippen LogP contribution in [0.15, 0.2) is 24.5 Å². The van der Waals surface area contributed by atoms with Gasteiger partial charge in [-0.3, -0.25) is 14.6 Å². The molecule has 0 aromatic carbocycles. The van der Waals surface area contributed by atoms with E-state index >= 15 is 0 Å². The third-order valence-corrected chi connectivity index (χ3v) is 2.42. The Kier molecular flexibility index (Phi) is 3.57. The quantitative estimate of drug-likeness (QED) is 0.798. The van der Waals surface area contributed by atoms with E-state index in [1.165, 1.54) is 6.08 Å². The molecule has 2 heterocycles. The molecule has 0 saturated carbocycles. The Hall–Kier alpha value is -2.37. The molecule has 2 N–H and O–H groups in total. The summed E-state index contributed by atoms with van der Waals surface area (Å²) in [6.07, 6.45) is 7.53. The third kappa shape index (κ3) is 3.07. The van der Waals surface area contributed by atoms with E-state index < -0.39 is 0 Å². The summed E-state index contributed by atoms with van der Waals surface area (Å²) in [5, 5.41) is 13.5. The highest BCUT2D eigenvalue weighted by molar-refractivity contribution is 6.01. The molecule has 0 aliphatic heterocycles. The highest BCUT2D eigenvalue weighted by atomic mass is 16.1. The Morgan fingerprint density at radius 1 is 1.61 bits per heavy atom. The van der Waals surface area contributed by atoms with Gasteiger partial charge in [0.05, 0.1) is 6.20 Å². The lowest BCUT2D eigenvalue weighted by atomic mass is 10.3. The van der Waals surface area contributed by atoms with E-state index in [2.05, 4.69) is 20.6 Å². The summed E-state index contributed by atoms with van der Waals surface area (Å²) < 4.78 is 1.68. The van der Waals surface area contributed by atoms with Gasteiger partial charge in [0, 0.05) is 36.6 Å². The zero-order valence-corrected chi connectivity index (χ0v) is 10.3. The second-order valence-electron chi connectivity index (χ2n) is 3.90. The van der Waals surface area contributed by atoms with Crippen LogP contribution in [0.2, 0.25) is 0 Å². The molecular formula is C12H15N5O. The summed E-state index contributed by atoms with van der Waals surface area (Å²) in [5.74, 6) is 0.320. The van der Waals surface area contributed by atoms with Gasteiger partial charge >= 0.3 is 0 Å². The van der Waals surface area contributed by atoms with Gasteiger partial charge in [-0.05, 0) is 12.5 Å². The van der Waals surface area contributed by atoms with Gasteiger partial charge in [-0.1, -0.05) is 6.92 Å². The van der Waals surface area contributed by atoms with Crippen LogP contribution >= 0.6 is 0 Å². The number of aryl methyl sites for hydroxylation is 2. The van der Waals surface area contributed by atoms with Crippen LogP contribution in [-0.4, -0.2) is 25.9 Å². The minimum atomic E-state index is -0.215. The van der Waals surface area contributed by atoms with Crippen LogP contribution in [-0.2, 0) is 18.3 Å². The zero-order valence-electron chi connectivity index (χ0n) is 10.3. The number of H-pyrrole nitrogens is 1. The predicted octanol–water partition coefficient (Wildman–Crippen LogP) is 1.36. The predicted molar refractivity (Wildman–Crippen MR) is 68.8 cm³/mol. The van der Waals surface area contributed by atoms with Crippen LogP contribution in [0.1, 0.15) is 18.2 Å². The Labute approximate surface area is 105 Å². The lowest BCUT2D eigenvalue weighted by Crippen LogP contribution is -2.07. The second-order valence-corrected chi connectivity index (χ2v) is 3.90. The summed E-state index contributed by atoms with van der Waals surface area (Å²) in [4.78, 5) is 11.6. The van der Waals surface area contributed by atoms with E-state index in [0.717, 1.165) is 17.7 Å². The van der Waals surface area contributed by atoms with Crippen molar-refractivity contribution in [3.63, 3.8) is 0 Å². The first-order valence-corrected chi connectivity index (χ1v) is 5.69. The highest BCUT2D eigenvalue weighted by Crippen LogP contribution is 2.06. The maximum atomic E-state index is 11.6. The summed E-state index contributed by atoms with van der Waals surface area (Å²) in [6, 6.07) is 1.82. The van der Waals surface area contributed by atoms with Crippen LogP contribution < -0.4 is 5.32 Å². The molecule has 94 valence electrons. The molecule has 18 heavy (non-hydrogen) atoms. The monoisotopic (exact) mass is 245 g/mol. The van der Waals surface area contributed by atoms with Crippen molar-refractivity contribution >= 4 is 17.8 Å². The number of rotatable bonds is 4. The summed E-state index contributed by atoms with van der Waals surface area (Å²) >= 11 is 0. The van der Waals surface area contributed by atoms with Crippen molar-refractivity contribution in [2.24, 2.45) is 7.05 Å². The molecule has 0 spiro atoms. The van der Waals surface area contributed by atoms with Gasteiger partial charge in [0.15, 0.2) is 5.82 Å². The maximum Gasteiger partial charge on any atom is 0.249 e. The SMILES string of the molecule is CCc1cc(NC(=O)/C=C/c2cnn(C)c2)n[nH]1. The standard InChI is InChI=1S/C12H15N5O/c1-3-10-6-11(16-15-10)14-12(18)5-4-9-7-13-17(2)8-9/h4-8H,3H2,1-2H3,(H2,14,15,16,18)/b5-4+. The van der Waals surface area contributed by atoms with E-state index in [1.54, 1.807) is 17.0 Å². The van der Waals surface area contributed by atoms with E-state index in [9.17, 15) is 4.79 Å². The average Bonchev–Trinajstić information content (AvgIpc) is 2.95. The molecule has 0 aliphatic rings. The van der Waals surface area contributed by atoms with E-state index in [-0.39, 0.29) is 5.91 Å². The van der Waals surface area contributed by atoms with Gasteiger partial charge in [0.1, 0.15) is 0 Å². The number of hydrogen-bond donors (Lipinski definition) is 2. The molecule has 0 atom stereocenters. The van der Waals surface area contributed by atoms with Crippen LogP contribution in [0, 0.1) is 0 Å². The normalized spacial score (nSPS) is 11.0. The Morgan fingerprint density at radius 2 is 2.44 bits per heavy atom. The van der Waals surface area contributed by atoms with Gasteiger partial charge in [-0.25, -0.2) is 0 Å². The molecule has 6 nitrogen and oxygen atoms in total. The second kappa shape index (κ2) is 5.31. The Bertz CT molecular complexity index is 567. The molecule has 2 rings (SSSR count). The molecule has 0 unspecified atom stereocenters. The molecular weight excluding hydrogens is 230 g/mol. The molecule has 0 radical (unpaired) electrons. The van der Waals surface area contributed by atoms with Crippen molar-refractivity contribution in [3.8, 4) is 0 Å². The first kappa shape index (κ1) is 12.1. The van der Waals surface area contributed by atoms with Crippen molar-refractivity contribution < 1.29 is 4.79 Å². The van der Waals surface area contributed by atoms with E-state index in [0.29, 0.717) is 5.82 Å². The number of nitrogens with one attached hydrogen (secondary N) is 2. The van der Waals surface area contributed by atoms with Gasteiger partial charge in [0.2, 0.25) is 5.91 Å². The number of carbonyl (C=O) groups excluding carboxylic acids is 1. The number of hydrogen-bond acceptors (Lipinski definition) is 3. The van der Waals surface area contributed by atoms with Crippen molar-refractivity contribution in [2.45, 2.75) is 13.3 Å². The summed E-state index contributed by atoms with van der Waals surface area (Å²) in [6.45, 7) is 2.02. The van der Waals surface area contributed by atoms with Crippen molar-refractivity contribution in [2.75, 3.05) is 5.32 Å². The largest absolute Gasteiger partial charge is 0.306 e. The van der Waals surface area contributed by atoms with Crippen LogP contribution in [0.25, 0.3) is 6.08 Å². The van der Waals surface area contributed by atoms with E-state index in [4.69, 9.17) is 0 Å². The first-order valence-electron chi connectivity index (χ1n) is 5.69. The fraction of sp³-hybridized carbons (Fsp3) is 0.250. The maximum absolute atomic E-state index is 11.6. The lowest BCUT2D eigenvalue weighted by molar-refractivity contribution is -0.111. The molecule has 0 saturated heterocycles. The number of carbonyl (C=O) groups is 1. The van der Waals surface area contributed by atoms with Gasteiger partial charge in [-0.15, -0.1) is 0 Å². The van der Waals surface area contributed by atoms with Crippen LogP contribution in [0.4, 0.5) is 5.82 Å². The number of nitrogens with zero attached hydrogens (tertiary/aromatic N) is 3. The minimum Gasteiger partial charge on any atom is -0.306 e. The first-order chi connectivity index (χ1) is 8.67. The van der Waals surface area contributed by atoms with Crippen LogP contribution in [0.3, 0.4) is 0 Å². The van der Waals surface area contributed by atoms with Gasteiger partial charge < -0.3 is 5.32 Å². The summed E-state index contributed by atoms with van der Waals surface area (Å²) in [5.41, 5.74) is 1.87. The Morgan fingerprint density at radius 3 is 3.06 bits per heavy atom. The molecule has 0 aliphatic carbocycles. The van der Waals surface area contributed by atoms with Crippen molar-refractivity contribution in [1.29, 1.82) is 0 Å². The smallest absolute Gasteiger partial charge is 0.249 e. The fourth-order valence-corrected chi connectivity index (χ4v) is 1.47.